The van der Waals surface area contributed by atoms with Crippen LogP contribution in [0, 0.1) is 0 Å². The van der Waals surface area contributed by atoms with Crippen molar-refractivity contribution in [3.8, 4) is 17.2 Å². The van der Waals surface area contributed by atoms with Crippen LogP contribution < -0.4 is 19.1 Å². The quantitative estimate of drug-likeness (QED) is 0.507. The van der Waals surface area contributed by atoms with Gasteiger partial charge in [0.1, 0.15) is 17.2 Å². The average Bonchev–Trinajstić information content (AvgIpc) is 2.73. The molecule has 1 amide bonds. The van der Waals surface area contributed by atoms with E-state index in [0.717, 1.165) is 36.6 Å². The third-order valence-electron chi connectivity index (χ3n) is 4.41. The number of likely N-dealkylation sites (N-methyl/N-ethyl adjacent to an activating group) is 1. The van der Waals surface area contributed by atoms with Gasteiger partial charge in [0.05, 0.1) is 13.7 Å². The summed E-state index contributed by atoms with van der Waals surface area (Å²) in [6.07, 6.45) is 2.13. The Balaban J connectivity index is 1.97. The van der Waals surface area contributed by atoms with Crippen LogP contribution in [-0.2, 0) is 4.79 Å². The molecule has 2 aromatic carbocycles. The van der Waals surface area contributed by atoms with Crippen LogP contribution in [0.1, 0.15) is 19.8 Å². The fourth-order valence-electron chi connectivity index (χ4n) is 2.65. The zero-order valence-corrected chi connectivity index (χ0v) is 17.9. The zero-order valence-electron chi connectivity index (χ0n) is 17.9. The molecule has 158 valence electrons. The van der Waals surface area contributed by atoms with Crippen LogP contribution >= 0.6 is 0 Å². The summed E-state index contributed by atoms with van der Waals surface area (Å²) in [7, 11) is 5.59. The van der Waals surface area contributed by atoms with Gasteiger partial charge in [-0.15, -0.1) is 0 Å². The predicted octanol–water partition coefficient (Wildman–Crippen LogP) is 3.85. The molecule has 0 saturated heterocycles. The van der Waals surface area contributed by atoms with E-state index >= 15 is 0 Å². The predicted molar refractivity (Wildman–Crippen MR) is 116 cm³/mol. The lowest BCUT2D eigenvalue weighted by atomic mass is 10.2. The van der Waals surface area contributed by atoms with E-state index < -0.39 is 0 Å². The molecule has 2 aromatic rings. The summed E-state index contributed by atoms with van der Waals surface area (Å²) in [4.78, 5) is 16.6. The van der Waals surface area contributed by atoms with Crippen molar-refractivity contribution in [3.05, 3.63) is 48.5 Å². The smallest absolute Gasteiger partial charge is 0.264 e. The molecule has 0 bridgehead atoms. The van der Waals surface area contributed by atoms with Gasteiger partial charge in [-0.2, -0.15) is 0 Å². The lowest BCUT2D eigenvalue weighted by Gasteiger charge is -2.25. The van der Waals surface area contributed by atoms with E-state index in [2.05, 4.69) is 6.92 Å². The molecule has 6 heteroatoms. The SMILES string of the molecule is CCCCOc1ccc(OCC(=O)N(CCN(C)C)c2ccc(OC)cc2)cc1. The Morgan fingerprint density at radius 1 is 0.862 bits per heavy atom. The third-order valence-corrected chi connectivity index (χ3v) is 4.41. The second kappa shape index (κ2) is 12.0. The van der Waals surface area contributed by atoms with Crippen LogP contribution in [0.15, 0.2) is 48.5 Å². The molecule has 29 heavy (non-hydrogen) atoms. The number of benzene rings is 2. The highest BCUT2D eigenvalue weighted by molar-refractivity contribution is 5.94. The number of carbonyl (C=O) groups is 1. The van der Waals surface area contributed by atoms with E-state index in [1.54, 1.807) is 12.0 Å². The number of unbranched alkanes of at least 4 members (excludes halogenated alkanes) is 1. The molecule has 0 atom stereocenters. The van der Waals surface area contributed by atoms with Crippen molar-refractivity contribution in [2.24, 2.45) is 0 Å². The molecule has 0 spiro atoms. The molecule has 0 aliphatic carbocycles. The third kappa shape index (κ3) is 7.66. The van der Waals surface area contributed by atoms with Gasteiger partial charge in [0, 0.05) is 18.8 Å². The first-order valence-electron chi connectivity index (χ1n) is 9.98. The molecule has 0 fully saturated rings. The molecule has 0 aromatic heterocycles. The number of rotatable bonds is 12. The van der Waals surface area contributed by atoms with Crippen LogP contribution in [-0.4, -0.2) is 58.3 Å². The van der Waals surface area contributed by atoms with E-state index in [0.29, 0.717) is 18.9 Å². The number of methoxy groups -OCH3 is 1. The summed E-state index contributed by atoms with van der Waals surface area (Å²) < 4.78 is 16.6. The average molecular weight is 401 g/mol. The first-order chi connectivity index (χ1) is 14.0. The lowest BCUT2D eigenvalue weighted by molar-refractivity contribution is -0.120. The zero-order chi connectivity index (χ0) is 21.1. The van der Waals surface area contributed by atoms with Gasteiger partial charge < -0.3 is 24.0 Å². The lowest BCUT2D eigenvalue weighted by Crippen LogP contribution is -2.39. The maximum absolute atomic E-state index is 12.9. The van der Waals surface area contributed by atoms with Crippen molar-refractivity contribution in [1.82, 2.24) is 4.90 Å². The maximum Gasteiger partial charge on any atom is 0.264 e. The summed E-state index contributed by atoms with van der Waals surface area (Å²) >= 11 is 0. The molecule has 2 rings (SSSR count). The minimum atomic E-state index is -0.0970. The Hall–Kier alpha value is -2.73. The van der Waals surface area contributed by atoms with Gasteiger partial charge in [-0.05, 0) is 69.0 Å². The van der Waals surface area contributed by atoms with Gasteiger partial charge in [-0.25, -0.2) is 0 Å². The largest absolute Gasteiger partial charge is 0.497 e. The maximum atomic E-state index is 12.9. The number of carbonyl (C=O) groups excluding carboxylic acids is 1. The van der Waals surface area contributed by atoms with Gasteiger partial charge in [-0.1, -0.05) is 13.3 Å². The summed E-state index contributed by atoms with van der Waals surface area (Å²) in [6.45, 7) is 4.13. The Labute approximate surface area is 174 Å². The van der Waals surface area contributed by atoms with Crippen molar-refractivity contribution in [2.75, 3.05) is 52.4 Å². The fourth-order valence-corrected chi connectivity index (χ4v) is 2.65. The molecular weight excluding hydrogens is 368 g/mol. The Kier molecular flexibility index (Phi) is 9.31. The van der Waals surface area contributed by atoms with Gasteiger partial charge in [-0.3, -0.25) is 4.79 Å². The van der Waals surface area contributed by atoms with Crippen LogP contribution in [0.2, 0.25) is 0 Å². The topological polar surface area (TPSA) is 51.2 Å². The molecule has 0 saturated carbocycles. The van der Waals surface area contributed by atoms with Crippen molar-refractivity contribution < 1.29 is 19.0 Å². The molecule has 0 aliphatic rings. The Bertz CT molecular complexity index is 730. The van der Waals surface area contributed by atoms with Crippen molar-refractivity contribution >= 4 is 11.6 Å². The summed E-state index contributed by atoms with van der Waals surface area (Å²) in [5.74, 6) is 2.11. The number of nitrogens with zero attached hydrogens (tertiary/aromatic N) is 2. The van der Waals surface area contributed by atoms with Crippen LogP contribution in [0.5, 0.6) is 17.2 Å². The monoisotopic (exact) mass is 400 g/mol. The van der Waals surface area contributed by atoms with Crippen LogP contribution in [0.3, 0.4) is 0 Å². The second-order valence-corrected chi connectivity index (χ2v) is 7.01. The first-order valence-corrected chi connectivity index (χ1v) is 9.98. The fraction of sp³-hybridized carbons (Fsp3) is 0.435. The normalized spacial score (nSPS) is 10.7. The second-order valence-electron chi connectivity index (χ2n) is 7.01. The molecule has 0 radical (unpaired) electrons. The Morgan fingerprint density at radius 2 is 1.45 bits per heavy atom. The molecular formula is C23H32N2O4. The van der Waals surface area contributed by atoms with E-state index in [9.17, 15) is 4.79 Å². The van der Waals surface area contributed by atoms with E-state index in [-0.39, 0.29) is 12.5 Å². The van der Waals surface area contributed by atoms with Gasteiger partial charge >= 0.3 is 0 Å². The Morgan fingerprint density at radius 3 is 2.00 bits per heavy atom. The van der Waals surface area contributed by atoms with E-state index in [1.807, 2.05) is 67.5 Å². The van der Waals surface area contributed by atoms with Crippen molar-refractivity contribution in [2.45, 2.75) is 19.8 Å². The number of hydrogen-bond donors (Lipinski definition) is 0. The summed E-state index contributed by atoms with van der Waals surface area (Å²) in [5, 5.41) is 0. The summed E-state index contributed by atoms with van der Waals surface area (Å²) in [5.41, 5.74) is 0.820. The van der Waals surface area contributed by atoms with E-state index in [4.69, 9.17) is 14.2 Å². The van der Waals surface area contributed by atoms with Gasteiger partial charge in [0.15, 0.2) is 6.61 Å². The highest BCUT2D eigenvalue weighted by Gasteiger charge is 2.17. The minimum Gasteiger partial charge on any atom is -0.497 e. The minimum absolute atomic E-state index is 0.0322. The van der Waals surface area contributed by atoms with Crippen LogP contribution in [0.25, 0.3) is 0 Å². The highest BCUT2D eigenvalue weighted by atomic mass is 16.5. The summed E-state index contributed by atoms with van der Waals surface area (Å²) in [6, 6.07) is 14.8. The van der Waals surface area contributed by atoms with Crippen molar-refractivity contribution in [1.29, 1.82) is 0 Å². The molecule has 6 nitrogen and oxygen atoms in total. The molecule has 0 heterocycles. The standard InChI is InChI=1S/C23H32N2O4/c1-5-6-17-28-21-11-13-22(14-12-21)29-18-23(26)25(16-15-24(2)3)19-7-9-20(27-4)10-8-19/h7-14H,5-6,15-18H2,1-4H3. The molecule has 0 aliphatic heterocycles. The van der Waals surface area contributed by atoms with Crippen molar-refractivity contribution in [3.63, 3.8) is 0 Å². The number of ether oxygens (including phenoxy) is 3. The highest BCUT2D eigenvalue weighted by Crippen LogP contribution is 2.21. The molecule has 0 N–H and O–H groups in total. The molecule has 0 unspecified atom stereocenters. The van der Waals surface area contributed by atoms with Gasteiger partial charge in [0.2, 0.25) is 0 Å². The van der Waals surface area contributed by atoms with E-state index in [1.165, 1.54) is 0 Å². The number of hydrogen-bond acceptors (Lipinski definition) is 5. The first kappa shape index (κ1) is 22.6. The van der Waals surface area contributed by atoms with Crippen LogP contribution in [0.4, 0.5) is 5.69 Å². The number of anilines is 1. The number of amides is 1. The van der Waals surface area contributed by atoms with Gasteiger partial charge in [0.25, 0.3) is 5.91 Å².